The first-order valence-corrected chi connectivity index (χ1v) is 12.8. The van der Waals surface area contributed by atoms with Crippen molar-refractivity contribution in [3.63, 3.8) is 0 Å². The molecule has 0 aliphatic heterocycles. The van der Waals surface area contributed by atoms with Crippen LogP contribution in [-0.2, 0) is 22.3 Å². The minimum Gasteiger partial charge on any atom is -0.468 e. The molecule has 0 unspecified atom stereocenters. The van der Waals surface area contributed by atoms with Gasteiger partial charge in [-0.05, 0) is 36.8 Å². The Kier molecular flexibility index (Phi) is 11.6. The van der Waals surface area contributed by atoms with Crippen molar-refractivity contribution in [1.29, 1.82) is 0 Å². The van der Waals surface area contributed by atoms with Crippen LogP contribution in [0.3, 0.4) is 0 Å². The van der Waals surface area contributed by atoms with Gasteiger partial charge in [-0.3, -0.25) is 0 Å². The first-order chi connectivity index (χ1) is 21.5. The number of ether oxygens (including phenoxy) is 4. The molecule has 0 atom stereocenters. The average Bonchev–Trinajstić information content (AvgIpc) is 2.97. The SMILES string of the molecule is CCOC(=O)N(C(=O)N(COCc1ccccc1)c1nc(OCC(F)(F)F)cc(OCC(F)(F)F)n1)c1ccc(C(F)(F)F)cc1. The molecule has 3 rings (SSSR count). The summed E-state index contributed by atoms with van der Waals surface area (Å²) in [6, 6.07) is 9.82. The molecule has 0 bridgehead atoms. The molecule has 0 aliphatic rings. The summed E-state index contributed by atoms with van der Waals surface area (Å²) >= 11 is 0. The summed E-state index contributed by atoms with van der Waals surface area (Å²) in [7, 11) is 0. The first kappa shape index (κ1) is 35.7. The summed E-state index contributed by atoms with van der Waals surface area (Å²) in [5.41, 5.74) is -1.06. The molecule has 0 spiro atoms. The highest BCUT2D eigenvalue weighted by Crippen LogP contribution is 2.32. The maximum atomic E-state index is 13.9. The lowest BCUT2D eigenvalue weighted by atomic mass is 10.2. The zero-order valence-corrected chi connectivity index (χ0v) is 23.4. The number of imide groups is 1. The maximum Gasteiger partial charge on any atom is 0.422 e. The van der Waals surface area contributed by atoms with E-state index in [4.69, 9.17) is 9.47 Å². The number of anilines is 2. The van der Waals surface area contributed by atoms with E-state index in [1.807, 2.05) is 0 Å². The van der Waals surface area contributed by atoms with Crippen molar-refractivity contribution < 1.29 is 68.1 Å². The van der Waals surface area contributed by atoms with Crippen LogP contribution in [0.15, 0.2) is 60.7 Å². The number of carbonyl (C=O) groups is 2. The van der Waals surface area contributed by atoms with E-state index in [0.29, 0.717) is 28.7 Å². The summed E-state index contributed by atoms with van der Waals surface area (Å²) in [4.78, 5) is 34.7. The zero-order chi connectivity index (χ0) is 34.1. The minimum atomic E-state index is -4.92. The lowest BCUT2D eigenvalue weighted by molar-refractivity contribution is -0.154. The zero-order valence-electron chi connectivity index (χ0n) is 23.4. The lowest BCUT2D eigenvalue weighted by Crippen LogP contribution is -2.48. The van der Waals surface area contributed by atoms with Crippen LogP contribution in [0.2, 0.25) is 0 Å². The summed E-state index contributed by atoms with van der Waals surface area (Å²) in [6.07, 6.45) is -16.0. The largest absolute Gasteiger partial charge is 0.468 e. The Bertz CT molecular complexity index is 1420. The number of carbonyl (C=O) groups excluding carboxylic acids is 2. The number of halogens is 9. The van der Waals surface area contributed by atoms with Crippen molar-refractivity contribution in [2.24, 2.45) is 0 Å². The Morgan fingerprint density at radius 3 is 1.80 bits per heavy atom. The average molecular weight is 670 g/mol. The topological polar surface area (TPSA) is 103 Å². The fourth-order valence-corrected chi connectivity index (χ4v) is 3.40. The van der Waals surface area contributed by atoms with Crippen LogP contribution < -0.4 is 19.3 Å². The van der Waals surface area contributed by atoms with Crippen LogP contribution in [0.1, 0.15) is 18.1 Å². The van der Waals surface area contributed by atoms with Gasteiger partial charge in [-0.25, -0.2) is 14.5 Å². The number of hydrogen-bond acceptors (Lipinski definition) is 8. The highest BCUT2D eigenvalue weighted by Gasteiger charge is 2.36. The number of nitrogens with zero attached hydrogens (tertiary/aromatic N) is 4. The van der Waals surface area contributed by atoms with E-state index in [1.165, 1.54) is 6.92 Å². The highest BCUT2D eigenvalue weighted by molar-refractivity contribution is 6.16. The number of hydrogen-bond donors (Lipinski definition) is 0. The molecule has 3 aromatic rings. The normalized spacial score (nSPS) is 12.0. The Hall–Kier alpha value is -4.81. The van der Waals surface area contributed by atoms with Gasteiger partial charge < -0.3 is 18.9 Å². The van der Waals surface area contributed by atoms with Gasteiger partial charge in [0.1, 0.15) is 6.73 Å². The van der Waals surface area contributed by atoms with Crippen LogP contribution >= 0.6 is 0 Å². The number of urea groups is 1. The van der Waals surface area contributed by atoms with E-state index < -0.39 is 79.6 Å². The third-order valence-electron chi connectivity index (χ3n) is 5.33. The van der Waals surface area contributed by atoms with E-state index in [-0.39, 0.29) is 18.1 Å². The monoisotopic (exact) mass is 670 g/mol. The van der Waals surface area contributed by atoms with E-state index in [9.17, 15) is 49.1 Å². The molecule has 3 amide bonds. The predicted octanol–water partition coefficient (Wildman–Crippen LogP) is 7.14. The fourth-order valence-electron chi connectivity index (χ4n) is 3.40. The number of amides is 3. The van der Waals surface area contributed by atoms with Crippen molar-refractivity contribution in [3.8, 4) is 11.8 Å². The second kappa shape index (κ2) is 15.0. The van der Waals surface area contributed by atoms with Crippen molar-refractivity contribution in [2.45, 2.75) is 32.1 Å². The van der Waals surface area contributed by atoms with E-state index in [1.54, 1.807) is 30.3 Å². The lowest BCUT2D eigenvalue weighted by Gasteiger charge is -2.28. The second-order valence-electron chi connectivity index (χ2n) is 8.90. The standard InChI is InChI=1S/C27H23F9N4O6/c1-2-44-24(42)40(19-10-8-18(9-11-19)27(34,35)36)23(41)39(16-43-13-17-6-4-3-5-7-17)22-37-20(45-14-25(28,29)30)12-21(38-22)46-15-26(31,32)33/h3-12H,2,13-16H2,1H3. The molecule has 1 heterocycles. The molecule has 250 valence electrons. The molecule has 46 heavy (non-hydrogen) atoms. The molecule has 0 aliphatic carbocycles. The van der Waals surface area contributed by atoms with Gasteiger partial charge in [0.05, 0.1) is 30.5 Å². The summed E-state index contributed by atoms with van der Waals surface area (Å²) in [5.74, 6) is -2.94. The number of rotatable bonds is 11. The minimum absolute atomic E-state index is 0.216. The molecule has 2 aromatic carbocycles. The summed E-state index contributed by atoms with van der Waals surface area (Å²) in [6.45, 7) is -4.00. The van der Waals surface area contributed by atoms with E-state index >= 15 is 0 Å². The maximum absolute atomic E-state index is 13.9. The molecule has 1 aromatic heterocycles. The number of aromatic nitrogens is 2. The predicted molar refractivity (Wildman–Crippen MR) is 140 cm³/mol. The molecule has 0 fully saturated rings. The van der Waals surface area contributed by atoms with Gasteiger partial charge in [0.15, 0.2) is 13.2 Å². The Balaban J connectivity index is 2.10. The Labute approximate surface area is 254 Å². The van der Waals surface area contributed by atoms with Gasteiger partial charge in [0, 0.05) is 0 Å². The van der Waals surface area contributed by atoms with Gasteiger partial charge in [-0.2, -0.15) is 54.4 Å². The molecule has 10 nitrogen and oxygen atoms in total. The molecular weight excluding hydrogens is 647 g/mol. The van der Waals surface area contributed by atoms with E-state index in [0.717, 1.165) is 12.1 Å². The fraction of sp³-hybridized carbons (Fsp3) is 0.333. The first-order valence-electron chi connectivity index (χ1n) is 12.8. The van der Waals surface area contributed by atoms with Crippen LogP contribution in [-0.4, -0.2) is 61.0 Å². The van der Waals surface area contributed by atoms with Crippen molar-refractivity contribution >= 4 is 23.8 Å². The molecule has 19 heteroatoms. The highest BCUT2D eigenvalue weighted by atomic mass is 19.4. The molecular formula is C27H23F9N4O6. The van der Waals surface area contributed by atoms with Crippen molar-refractivity contribution in [3.05, 3.63) is 71.8 Å². The number of benzene rings is 2. The smallest absolute Gasteiger partial charge is 0.422 e. The van der Waals surface area contributed by atoms with Gasteiger partial charge >= 0.3 is 30.7 Å². The van der Waals surface area contributed by atoms with Crippen LogP contribution in [0.4, 0.5) is 60.7 Å². The Morgan fingerprint density at radius 1 is 0.783 bits per heavy atom. The molecule has 0 radical (unpaired) electrons. The van der Waals surface area contributed by atoms with Crippen LogP contribution in [0, 0.1) is 0 Å². The molecule has 0 saturated heterocycles. The Morgan fingerprint density at radius 2 is 1.33 bits per heavy atom. The summed E-state index contributed by atoms with van der Waals surface area (Å²) in [5, 5.41) is 0. The van der Waals surface area contributed by atoms with Crippen molar-refractivity contribution in [2.75, 3.05) is 36.4 Å². The quantitative estimate of drug-likeness (QED) is 0.157. The molecule has 0 N–H and O–H groups in total. The van der Waals surface area contributed by atoms with Crippen LogP contribution in [0.25, 0.3) is 0 Å². The van der Waals surface area contributed by atoms with Crippen LogP contribution in [0.5, 0.6) is 11.8 Å². The van der Waals surface area contributed by atoms with Gasteiger partial charge in [0.2, 0.25) is 17.7 Å². The third-order valence-corrected chi connectivity index (χ3v) is 5.33. The number of alkyl halides is 9. The van der Waals surface area contributed by atoms with Gasteiger partial charge in [0.25, 0.3) is 0 Å². The van der Waals surface area contributed by atoms with E-state index in [2.05, 4.69) is 19.4 Å². The molecule has 0 saturated carbocycles. The van der Waals surface area contributed by atoms with Gasteiger partial charge in [-0.15, -0.1) is 0 Å². The second-order valence-corrected chi connectivity index (χ2v) is 8.90. The summed E-state index contributed by atoms with van der Waals surface area (Å²) < 4.78 is 136. The van der Waals surface area contributed by atoms with Crippen molar-refractivity contribution in [1.82, 2.24) is 9.97 Å². The van der Waals surface area contributed by atoms with Gasteiger partial charge in [-0.1, -0.05) is 30.3 Å². The third kappa shape index (κ3) is 11.0.